The van der Waals surface area contributed by atoms with Crippen molar-refractivity contribution in [1.82, 2.24) is 4.57 Å². The molecule has 0 aliphatic carbocycles. The molecule has 1 heterocycles. The number of allylic oxidation sites excluding steroid dienone is 2. The first kappa shape index (κ1) is 52.7. The summed E-state index contributed by atoms with van der Waals surface area (Å²) in [5, 5.41) is 0. The van der Waals surface area contributed by atoms with Crippen molar-refractivity contribution in [2.24, 2.45) is 0 Å². The average molecular weight is 965 g/mol. The molecule has 2 nitrogen and oxygen atoms in total. The second-order valence-electron chi connectivity index (χ2n) is 13.6. The summed E-state index contributed by atoms with van der Waals surface area (Å²) in [6, 6.07) is 3.47. The molecule has 2 aromatic carbocycles. The Labute approximate surface area is 335 Å². The van der Waals surface area contributed by atoms with Crippen LogP contribution in [0.25, 0.3) is 23.5 Å². The minimum absolute atomic E-state index is 0.0115. The van der Waals surface area contributed by atoms with E-state index in [1.807, 2.05) is 0 Å². The van der Waals surface area contributed by atoms with Gasteiger partial charge < -0.3 is 0 Å². The Bertz CT molecular complexity index is 2040. The smallest absolute Gasteiger partial charge is 0.298 e. The van der Waals surface area contributed by atoms with Crippen LogP contribution >= 0.6 is 0 Å². The third kappa shape index (κ3) is 8.19. The van der Waals surface area contributed by atoms with Crippen molar-refractivity contribution < 1.29 is 119 Å². The summed E-state index contributed by atoms with van der Waals surface area (Å²) in [5.41, 5.74) is -1.09. The molecule has 1 aromatic heterocycles. The van der Waals surface area contributed by atoms with E-state index in [1.165, 1.54) is 40.1 Å². The van der Waals surface area contributed by atoms with Gasteiger partial charge >= 0.3 is 71.6 Å². The van der Waals surface area contributed by atoms with Gasteiger partial charge in [-0.15, -0.1) is 0 Å². The highest BCUT2D eigenvalue weighted by molar-refractivity contribution is 5.60. The van der Waals surface area contributed by atoms with Crippen LogP contribution in [0.15, 0.2) is 48.8 Å². The van der Waals surface area contributed by atoms with Gasteiger partial charge in [0, 0.05) is 12.4 Å². The maximum atomic E-state index is 14.3. The summed E-state index contributed by atoms with van der Waals surface area (Å²) >= 11 is 0. The number of hydrogen-bond acceptors (Lipinski definition) is 0. The molecule has 0 N–H and O–H groups in total. The molecule has 0 spiro atoms. The fraction of sp³-hybridized carbons (Fsp3) is 0.457. The maximum absolute atomic E-state index is 14.3. The number of aromatic nitrogens is 2. The number of hydrogen-bond donors (Lipinski definition) is 0. The molecule has 0 aliphatic heterocycles. The Morgan fingerprint density at radius 1 is 0.413 bits per heavy atom. The highest BCUT2D eigenvalue weighted by Crippen LogP contribution is 2.62. The zero-order valence-corrected chi connectivity index (χ0v) is 31.0. The van der Waals surface area contributed by atoms with Crippen LogP contribution < -0.4 is 4.57 Å². The number of rotatable bonds is 14. The van der Waals surface area contributed by atoms with E-state index < -0.39 is 94.9 Å². The lowest BCUT2D eigenvalue weighted by molar-refractivity contribution is -0.600. The fourth-order valence-corrected chi connectivity index (χ4v) is 5.67. The van der Waals surface area contributed by atoms with Crippen LogP contribution in [0.3, 0.4) is 0 Å². The quantitative estimate of drug-likeness (QED) is 0.0865. The zero-order chi connectivity index (χ0) is 49.6. The van der Waals surface area contributed by atoms with Gasteiger partial charge in [0.05, 0.1) is 11.4 Å². The highest BCUT2D eigenvalue weighted by Gasteiger charge is 2.91. The van der Waals surface area contributed by atoms with Gasteiger partial charge in [-0.3, -0.25) is 9.13 Å². The van der Waals surface area contributed by atoms with Crippen LogP contribution in [0.1, 0.15) is 33.4 Å². The molecule has 0 radical (unpaired) electrons. The predicted molar refractivity (Wildman–Crippen MR) is 165 cm³/mol. The molecule has 3 rings (SSSR count). The molecule has 0 atom stereocenters. The third-order valence-corrected chi connectivity index (χ3v) is 8.97. The molecular weight excluding hydrogens is 942 g/mol. The van der Waals surface area contributed by atoms with Crippen LogP contribution in [0.4, 0.5) is 114 Å². The second kappa shape index (κ2) is 15.5. The van der Waals surface area contributed by atoms with E-state index in [9.17, 15) is 114 Å². The van der Waals surface area contributed by atoms with Crippen LogP contribution in [-0.2, 0) is 0 Å². The second-order valence-corrected chi connectivity index (χ2v) is 13.6. The highest BCUT2D eigenvalue weighted by atomic mass is 19.4. The van der Waals surface area contributed by atoms with Gasteiger partial charge in [0.1, 0.15) is 0 Å². The zero-order valence-electron chi connectivity index (χ0n) is 31.0. The molecule has 0 aliphatic rings. The molecule has 0 saturated heterocycles. The van der Waals surface area contributed by atoms with Crippen molar-refractivity contribution in [1.29, 1.82) is 0 Å². The number of benzene rings is 2. The monoisotopic (exact) mass is 964 g/mol. The lowest BCUT2D eigenvalue weighted by atomic mass is 9.93. The Hall–Kier alpha value is -4.69. The van der Waals surface area contributed by atoms with Crippen molar-refractivity contribution in [2.45, 2.75) is 99.3 Å². The van der Waals surface area contributed by atoms with Gasteiger partial charge in [0.25, 0.3) is 6.33 Å². The molecule has 28 heteroatoms. The number of aryl methyl sites for hydroxylation is 4. The van der Waals surface area contributed by atoms with Crippen molar-refractivity contribution in [3.05, 3.63) is 88.5 Å². The molecule has 0 amide bonds. The third-order valence-electron chi connectivity index (χ3n) is 8.97. The molecule has 63 heavy (non-hydrogen) atoms. The van der Waals surface area contributed by atoms with E-state index >= 15 is 0 Å². The number of nitrogens with zero attached hydrogens (tertiary/aromatic N) is 2. The standard InChI is InChI=1S/C35H22F26N2/c1-16-11-20(5-7-24(36,37)26(40,41)28(44,45)30(48,49)32(52,53)34(56,57)58)12-17(2)22(16)62-9-10-63(15-62)23-18(3)13-21(14-19(23)4)6-8-25(38,39)27(42,43)29(46,47)31(50,51)33(54,55)35(59,60)61/h5-14H,1-4H3. The van der Waals surface area contributed by atoms with Crippen molar-refractivity contribution >= 4 is 12.2 Å². The minimum atomic E-state index is -8.10. The van der Waals surface area contributed by atoms with E-state index in [0.717, 1.165) is 33.4 Å². The first-order valence-electron chi connectivity index (χ1n) is 16.3. The molecule has 0 unspecified atom stereocenters. The first-order valence-corrected chi connectivity index (χ1v) is 16.3. The molecule has 354 valence electrons. The van der Waals surface area contributed by atoms with Gasteiger partial charge in [0.2, 0.25) is 0 Å². The summed E-state index contributed by atoms with van der Waals surface area (Å²) in [5.74, 6) is -76.2. The van der Waals surface area contributed by atoms with Gasteiger partial charge in [-0.05, 0) is 73.2 Å². The number of imidazole rings is 1. The molecule has 0 bridgehead atoms. The molecule has 0 saturated carbocycles. The topological polar surface area (TPSA) is 8.81 Å². The summed E-state index contributed by atoms with van der Waals surface area (Å²) in [7, 11) is 0. The normalized spacial score (nSPS) is 15.3. The number of halogens is 26. The van der Waals surface area contributed by atoms with Crippen LogP contribution in [0, 0.1) is 34.0 Å². The lowest BCUT2D eigenvalue weighted by Gasteiger charge is -2.39. The SMILES string of the molecule is Cc1cc(C=CC(F)(F)C(F)(F)C(F)(F)C(F)(F)C(F)(F)C(F)(F)F)cc(C)c1-n1[c-][n+](-c2c(C)cc(C=CC(F)(F)C(F)(F)C(F)(F)C(F)(F)C(F)(F)C(F)(F)F)cc2C)cc1. The van der Waals surface area contributed by atoms with E-state index in [0.29, 0.717) is 0 Å². The van der Waals surface area contributed by atoms with Gasteiger partial charge in [-0.25, -0.2) is 0 Å². The van der Waals surface area contributed by atoms with E-state index in [2.05, 4.69) is 6.33 Å². The Balaban J connectivity index is 1.95. The molecule has 0 fully saturated rings. The molecular formula is C35H22F26N2. The van der Waals surface area contributed by atoms with Crippen LogP contribution in [0.2, 0.25) is 0 Å². The average Bonchev–Trinajstić information content (AvgIpc) is 3.56. The Morgan fingerprint density at radius 3 is 1.00 bits per heavy atom. The summed E-state index contributed by atoms with van der Waals surface area (Å²) in [4.78, 5) is 0. The summed E-state index contributed by atoms with van der Waals surface area (Å²) < 4.78 is 352. The van der Waals surface area contributed by atoms with Crippen LogP contribution in [0.5, 0.6) is 0 Å². The van der Waals surface area contributed by atoms with Crippen molar-refractivity contribution in [3.8, 4) is 11.4 Å². The lowest BCUT2D eigenvalue weighted by Crippen LogP contribution is -2.69. The first-order chi connectivity index (χ1) is 27.7. The summed E-state index contributed by atoms with van der Waals surface area (Å²) in [6.45, 7) is 4.81. The predicted octanol–water partition coefficient (Wildman–Crippen LogP) is 13.3. The fourth-order valence-electron chi connectivity index (χ4n) is 5.67. The van der Waals surface area contributed by atoms with Gasteiger partial charge in [0.15, 0.2) is 0 Å². The number of alkyl halides is 26. The Morgan fingerprint density at radius 2 is 0.698 bits per heavy atom. The van der Waals surface area contributed by atoms with Gasteiger partial charge in [-0.1, -0.05) is 36.4 Å². The minimum Gasteiger partial charge on any atom is -0.298 e. The maximum Gasteiger partial charge on any atom is 0.460 e. The molecule has 3 aromatic rings. The Kier molecular flexibility index (Phi) is 12.9. The van der Waals surface area contributed by atoms with Gasteiger partial charge in [-0.2, -0.15) is 114 Å². The summed E-state index contributed by atoms with van der Waals surface area (Å²) in [6.07, 6.45) is -12.6. The van der Waals surface area contributed by atoms with Crippen LogP contribution in [-0.4, -0.2) is 76.1 Å². The largest absolute Gasteiger partial charge is 0.460 e. The van der Waals surface area contributed by atoms with Crippen molar-refractivity contribution in [2.75, 3.05) is 0 Å². The van der Waals surface area contributed by atoms with Crippen molar-refractivity contribution in [3.63, 3.8) is 0 Å². The van der Waals surface area contributed by atoms with E-state index in [4.69, 9.17) is 0 Å². The van der Waals surface area contributed by atoms with E-state index in [-0.39, 0.29) is 45.8 Å². The van der Waals surface area contributed by atoms with E-state index in [1.54, 1.807) is 0 Å².